The number of rotatable bonds is 2. The molecular formula is C14H17FN2O3. The van der Waals surface area contributed by atoms with Crippen molar-refractivity contribution >= 4 is 17.7 Å². The summed E-state index contributed by atoms with van der Waals surface area (Å²) in [6.07, 6.45) is 2.06. The molecule has 1 fully saturated rings. The number of aryl methyl sites for hydroxylation is 1. The Morgan fingerprint density at radius 1 is 1.40 bits per heavy atom. The van der Waals surface area contributed by atoms with Gasteiger partial charge in [-0.25, -0.2) is 14.0 Å². The second-order valence-corrected chi connectivity index (χ2v) is 4.93. The van der Waals surface area contributed by atoms with Crippen molar-refractivity contribution in [3.05, 3.63) is 29.6 Å². The Kier molecular flexibility index (Phi) is 4.22. The van der Waals surface area contributed by atoms with E-state index >= 15 is 0 Å². The summed E-state index contributed by atoms with van der Waals surface area (Å²) >= 11 is 0. The Bertz CT molecular complexity index is 533. The highest BCUT2D eigenvalue weighted by atomic mass is 19.1. The average Bonchev–Trinajstić information content (AvgIpc) is 2.41. The van der Waals surface area contributed by atoms with Crippen LogP contribution in [-0.2, 0) is 4.79 Å². The second kappa shape index (κ2) is 5.90. The lowest BCUT2D eigenvalue weighted by molar-refractivity contribution is -0.143. The normalized spacial score (nSPS) is 18.7. The van der Waals surface area contributed by atoms with E-state index in [0.717, 1.165) is 12.8 Å². The van der Waals surface area contributed by atoms with E-state index in [9.17, 15) is 14.0 Å². The smallest absolute Gasteiger partial charge is 0.326 e. The molecule has 1 heterocycles. The lowest BCUT2D eigenvalue weighted by Crippen LogP contribution is -2.49. The maximum Gasteiger partial charge on any atom is 0.326 e. The zero-order valence-electron chi connectivity index (χ0n) is 11.2. The van der Waals surface area contributed by atoms with Crippen molar-refractivity contribution in [3.63, 3.8) is 0 Å². The first kappa shape index (κ1) is 14.3. The summed E-state index contributed by atoms with van der Waals surface area (Å²) in [7, 11) is 0. The van der Waals surface area contributed by atoms with E-state index in [4.69, 9.17) is 5.11 Å². The van der Waals surface area contributed by atoms with Crippen LogP contribution in [0.3, 0.4) is 0 Å². The van der Waals surface area contributed by atoms with Gasteiger partial charge in [0.15, 0.2) is 0 Å². The minimum atomic E-state index is -0.990. The van der Waals surface area contributed by atoms with Crippen molar-refractivity contribution < 1.29 is 19.1 Å². The Labute approximate surface area is 116 Å². The average molecular weight is 280 g/mol. The van der Waals surface area contributed by atoms with Gasteiger partial charge >= 0.3 is 12.0 Å². The van der Waals surface area contributed by atoms with Crippen LogP contribution in [0.5, 0.6) is 0 Å². The quantitative estimate of drug-likeness (QED) is 0.874. The third-order valence-electron chi connectivity index (χ3n) is 3.48. The summed E-state index contributed by atoms with van der Waals surface area (Å²) in [6, 6.07) is 2.81. The molecule has 2 rings (SSSR count). The summed E-state index contributed by atoms with van der Waals surface area (Å²) in [5, 5.41) is 11.8. The van der Waals surface area contributed by atoms with Crippen molar-refractivity contribution in [1.29, 1.82) is 0 Å². The van der Waals surface area contributed by atoms with E-state index in [-0.39, 0.29) is 5.82 Å². The van der Waals surface area contributed by atoms with Gasteiger partial charge < -0.3 is 15.3 Å². The largest absolute Gasteiger partial charge is 0.480 e. The van der Waals surface area contributed by atoms with Crippen LogP contribution < -0.4 is 5.32 Å². The molecule has 0 saturated carbocycles. The highest BCUT2D eigenvalue weighted by molar-refractivity contribution is 5.93. The molecule has 2 amide bonds. The number of carbonyl (C=O) groups excluding carboxylic acids is 1. The predicted molar refractivity (Wildman–Crippen MR) is 72.1 cm³/mol. The van der Waals surface area contributed by atoms with Gasteiger partial charge in [0.2, 0.25) is 0 Å². The maximum atomic E-state index is 13.0. The van der Waals surface area contributed by atoms with Crippen LogP contribution in [-0.4, -0.2) is 34.6 Å². The first-order valence-electron chi connectivity index (χ1n) is 6.55. The summed E-state index contributed by atoms with van der Waals surface area (Å²) < 4.78 is 13.0. The van der Waals surface area contributed by atoms with Gasteiger partial charge in [-0.15, -0.1) is 0 Å². The molecule has 1 aliphatic rings. The number of halogens is 1. The zero-order chi connectivity index (χ0) is 14.7. The fraction of sp³-hybridized carbons (Fsp3) is 0.429. The zero-order valence-corrected chi connectivity index (χ0v) is 11.2. The van der Waals surface area contributed by atoms with Crippen LogP contribution in [0.25, 0.3) is 0 Å². The lowest BCUT2D eigenvalue weighted by Gasteiger charge is -2.33. The molecule has 20 heavy (non-hydrogen) atoms. The molecule has 0 bridgehead atoms. The third-order valence-corrected chi connectivity index (χ3v) is 3.48. The number of carboxylic acids is 1. The van der Waals surface area contributed by atoms with E-state index in [1.807, 2.05) is 0 Å². The molecule has 108 valence electrons. The number of carbonyl (C=O) groups is 2. The van der Waals surface area contributed by atoms with E-state index in [0.29, 0.717) is 24.2 Å². The van der Waals surface area contributed by atoms with Gasteiger partial charge in [0.05, 0.1) is 0 Å². The van der Waals surface area contributed by atoms with Crippen molar-refractivity contribution in [2.24, 2.45) is 0 Å². The molecule has 1 unspecified atom stereocenters. The minimum Gasteiger partial charge on any atom is -0.480 e. The number of likely N-dealkylation sites (tertiary alicyclic amines) is 1. The predicted octanol–water partition coefficient (Wildman–Crippen LogP) is 2.61. The van der Waals surface area contributed by atoms with Crippen LogP contribution in [0.2, 0.25) is 0 Å². The molecule has 0 spiro atoms. The molecule has 1 atom stereocenters. The number of piperidine rings is 1. The standard InChI is InChI=1S/C14H17FN2O3/c1-9-8-10(15)5-6-11(9)16-14(20)17-7-3-2-4-12(17)13(18)19/h5-6,8,12H,2-4,7H2,1H3,(H,16,20)(H,18,19). The first-order valence-corrected chi connectivity index (χ1v) is 6.55. The van der Waals surface area contributed by atoms with Gasteiger partial charge in [-0.3, -0.25) is 0 Å². The van der Waals surface area contributed by atoms with E-state index in [1.165, 1.54) is 23.1 Å². The molecule has 1 aromatic carbocycles. The minimum absolute atomic E-state index is 0.373. The van der Waals surface area contributed by atoms with Crippen molar-refractivity contribution in [1.82, 2.24) is 4.90 Å². The molecule has 1 aromatic rings. The van der Waals surface area contributed by atoms with Gasteiger partial charge in [-0.05, 0) is 49.9 Å². The summed E-state index contributed by atoms with van der Waals surface area (Å²) in [6.45, 7) is 2.10. The van der Waals surface area contributed by atoms with Crippen LogP contribution in [0, 0.1) is 12.7 Å². The van der Waals surface area contributed by atoms with E-state index in [1.54, 1.807) is 6.92 Å². The Hall–Kier alpha value is -2.11. The van der Waals surface area contributed by atoms with Gasteiger partial charge in [-0.1, -0.05) is 0 Å². The Balaban J connectivity index is 2.12. The van der Waals surface area contributed by atoms with Gasteiger partial charge in [0.25, 0.3) is 0 Å². The maximum absolute atomic E-state index is 13.0. The number of aliphatic carboxylic acids is 1. The van der Waals surface area contributed by atoms with Crippen LogP contribution >= 0.6 is 0 Å². The molecule has 6 heteroatoms. The van der Waals surface area contributed by atoms with E-state index in [2.05, 4.69) is 5.32 Å². The molecular weight excluding hydrogens is 263 g/mol. The van der Waals surface area contributed by atoms with Crippen molar-refractivity contribution in [2.75, 3.05) is 11.9 Å². The van der Waals surface area contributed by atoms with Gasteiger partial charge in [0, 0.05) is 12.2 Å². The van der Waals surface area contributed by atoms with Crippen molar-refractivity contribution in [2.45, 2.75) is 32.2 Å². The van der Waals surface area contributed by atoms with E-state index < -0.39 is 18.0 Å². The second-order valence-electron chi connectivity index (χ2n) is 4.93. The highest BCUT2D eigenvalue weighted by Crippen LogP contribution is 2.21. The first-order chi connectivity index (χ1) is 9.49. The number of hydrogen-bond donors (Lipinski definition) is 2. The molecule has 1 saturated heterocycles. The molecule has 5 nitrogen and oxygen atoms in total. The number of benzene rings is 1. The van der Waals surface area contributed by atoms with Gasteiger partial charge in [-0.2, -0.15) is 0 Å². The summed E-state index contributed by atoms with van der Waals surface area (Å²) in [5.74, 6) is -1.36. The number of amides is 2. The molecule has 2 N–H and O–H groups in total. The number of urea groups is 1. The SMILES string of the molecule is Cc1cc(F)ccc1NC(=O)N1CCCCC1C(=O)O. The molecule has 0 aliphatic carbocycles. The number of nitrogens with one attached hydrogen (secondary N) is 1. The Morgan fingerprint density at radius 2 is 2.15 bits per heavy atom. The van der Waals surface area contributed by atoms with Crippen LogP contribution in [0.4, 0.5) is 14.9 Å². The summed E-state index contributed by atoms with van der Waals surface area (Å²) in [4.78, 5) is 24.7. The van der Waals surface area contributed by atoms with Crippen molar-refractivity contribution in [3.8, 4) is 0 Å². The number of nitrogens with zero attached hydrogens (tertiary/aromatic N) is 1. The number of anilines is 1. The fourth-order valence-electron chi connectivity index (χ4n) is 2.39. The fourth-order valence-corrected chi connectivity index (χ4v) is 2.39. The number of hydrogen-bond acceptors (Lipinski definition) is 2. The number of carboxylic acid groups (broad SMARTS) is 1. The molecule has 0 aromatic heterocycles. The topological polar surface area (TPSA) is 69.6 Å². The van der Waals surface area contributed by atoms with Crippen LogP contribution in [0.1, 0.15) is 24.8 Å². The monoisotopic (exact) mass is 280 g/mol. The summed E-state index contributed by atoms with van der Waals surface area (Å²) in [5.41, 5.74) is 1.09. The van der Waals surface area contributed by atoms with Gasteiger partial charge in [0.1, 0.15) is 11.9 Å². The highest BCUT2D eigenvalue weighted by Gasteiger charge is 2.32. The van der Waals surface area contributed by atoms with Crippen LogP contribution in [0.15, 0.2) is 18.2 Å². The Morgan fingerprint density at radius 3 is 2.80 bits per heavy atom. The third kappa shape index (κ3) is 3.07. The lowest BCUT2D eigenvalue weighted by atomic mass is 10.0. The molecule has 0 radical (unpaired) electrons. The molecule has 1 aliphatic heterocycles.